The summed E-state index contributed by atoms with van der Waals surface area (Å²) in [6, 6.07) is 11.9. The largest absolute Gasteiger partial charge is 0.393 e. The van der Waals surface area contributed by atoms with Crippen molar-refractivity contribution in [1.29, 1.82) is 0 Å². The summed E-state index contributed by atoms with van der Waals surface area (Å²) in [7, 11) is 0. The Balaban J connectivity index is 1.12. The van der Waals surface area contributed by atoms with Crippen molar-refractivity contribution in [2.45, 2.75) is 75.6 Å². The summed E-state index contributed by atoms with van der Waals surface area (Å²) < 4.78 is 1.95. The molecule has 0 bridgehead atoms. The lowest BCUT2D eigenvalue weighted by atomic mass is 9.45. The number of rotatable bonds is 6. The first-order valence-electron chi connectivity index (χ1n) is 15.2. The number of hydrogen-bond donors (Lipinski definition) is 2. The molecule has 4 aliphatic carbocycles. The summed E-state index contributed by atoms with van der Waals surface area (Å²) in [5.41, 5.74) is 2.26. The Hall–Kier alpha value is -2.99. The van der Waals surface area contributed by atoms with E-state index in [0.29, 0.717) is 25.9 Å². The topological polar surface area (TPSA) is 92.6 Å². The maximum Gasteiger partial charge on any atom is 0.234 e. The minimum Gasteiger partial charge on any atom is -0.393 e. The molecule has 3 saturated carbocycles. The highest BCUT2D eigenvalue weighted by atomic mass is 32.2. The highest BCUT2D eigenvalue weighted by Crippen LogP contribution is 2.67. The van der Waals surface area contributed by atoms with Gasteiger partial charge in [0.15, 0.2) is 5.78 Å². The minimum atomic E-state index is -1.45. The average molecular weight is 583 g/mol. The lowest BCUT2D eigenvalue weighted by molar-refractivity contribution is -0.177. The quantitative estimate of drug-likeness (QED) is 0.291. The molecule has 4 aliphatic rings. The van der Waals surface area contributed by atoms with Crippen molar-refractivity contribution < 1.29 is 15.0 Å². The monoisotopic (exact) mass is 582 g/mol. The fourth-order valence-electron chi connectivity index (χ4n) is 9.41. The molecule has 7 nitrogen and oxygen atoms in total. The lowest BCUT2D eigenvalue weighted by Gasteiger charge is -2.60. The second kappa shape index (κ2) is 10.0. The van der Waals surface area contributed by atoms with Crippen molar-refractivity contribution in [3.8, 4) is 0 Å². The van der Waals surface area contributed by atoms with Gasteiger partial charge in [0.2, 0.25) is 6.54 Å². The smallest absolute Gasteiger partial charge is 0.234 e. The molecule has 3 fully saturated rings. The zero-order valence-electron chi connectivity index (χ0n) is 24.3. The van der Waals surface area contributed by atoms with Gasteiger partial charge >= 0.3 is 0 Å². The Morgan fingerprint density at radius 3 is 2.88 bits per heavy atom. The first-order valence-corrected chi connectivity index (χ1v) is 16.2. The van der Waals surface area contributed by atoms with Crippen molar-refractivity contribution in [3.05, 3.63) is 70.8 Å². The molecule has 0 radical (unpaired) electrons. The van der Waals surface area contributed by atoms with Crippen LogP contribution in [0.5, 0.6) is 0 Å². The van der Waals surface area contributed by atoms with Crippen LogP contribution in [0.2, 0.25) is 0 Å². The summed E-state index contributed by atoms with van der Waals surface area (Å²) in [6.45, 7) is 12.5. The van der Waals surface area contributed by atoms with Crippen LogP contribution in [-0.2, 0) is 17.8 Å². The van der Waals surface area contributed by atoms with E-state index in [1.54, 1.807) is 0 Å². The molecule has 0 saturated heterocycles. The summed E-state index contributed by atoms with van der Waals surface area (Å²) in [4.78, 5) is 22.0. The van der Waals surface area contributed by atoms with Gasteiger partial charge in [-0.1, -0.05) is 55.4 Å². The van der Waals surface area contributed by atoms with Gasteiger partial charge in [-0.3, -0.25) is 9.48 Å². The zero-order chi connectivity index (χ0) is 29.3. The molecule has 2 N–H and O–H groups in total. The number of aliphatic hydroxyl groups excluding tert-OH is 1. The SMILES string of the molecule is [C-]#[N+]CCn1ncc2c1C=C1CCC3C([C@@H](O)CC4(C)C3CC[C@]4(O)C(=O)CSc3ccc4ccccc4n3)C1(C)C2. The number of pyridine rings is 1. The highest BCUT2D eigenvalue weighted by Gasteiger charge is 2.68. The molecule has 2 aromatic heterocycles. The van der Waals surface area contributed by atoms with E-state index in [-0.39, 0.29) is 34.7 Å². The number of allylic oxidation sites excluding steroid dienone is 1. The molecule has 2 heterocycles. The van der Waals surface area contributed by atoms with Gasteiger partial charge in [-0.15, -0.1) is 0 Å². The number of hydrogen-bond acceptors (Lipinski definition) is 6. The molecular formula is C34H38N4O3S. The van der Waals surface area contributed by atoms with E-state index >= 15 is 0 Å². The lowest BCUT2D eigenvalue weighted by Crippen LogP contribution is -2.62. The van der Waals surface area contributed by atoms with Crippen LogP contribution in [0.15, 0.2) is 53.2 Å². The number of carbonyl (C=O) groups excluding carboxylic acids is 1. The van der Waals surface area contributed by atoms with Crippen LogP contribution in [0.1, 0.15) is 57.2 Å². The van der Waals surface area contributed by atoms with E-state index in [1.165, 1.54) is 22.9 Å². The molecular weight excluding hydrogens is 544 g/mol. The van der Waals surface area contributed by atoms with E-state index in [0.717, 1.165) is 47.3 Å². The molecule has 1 aromatic carbocycles. The van der Waals surface area contributed by atoms with E-state index in [9.17, 15) is 15.0 Å². The molecule has 7 atom stereocenters. The third-order valence-corrected chi connectivity index (χ3v) is 12.4. The van der Waals surface area contributed by atoms with Gasteiger partial charge in [0, 0.05) is 10.8 Å². The summed E-state index contributed by atoms with van der Waals surface area (Å²) >= 11 is 1.39. The molecule has 42 heavy (non-hydrogen) atoms. The minimum absolute atomic E-state index is 0.0731. The molecule has 7 rings (SSSR count). The number of nitrogens with zero attached hydrogens (tertiary/aromatic N) is 4. The Morgan fingerprint density at radius 2 is 2.05 bits per heavy atom. The summed E-state index contributed by atoms with van der Waals surface area (Å²) in [6.07, 6.45) is 8.03. The fraction of sp³-hybridized carbons (Fsp3) is 0.529. The van der Waals surface area contributed by atoms with Crippen LogP contribution in [0.25, 0.3) is 21.8 Å². The van der Waals surface area contributed by atoms with Crippen LogP contribution in [0, 0.1) is 35.2 Å². The van der Waals surface area contributed by atoms with Crippen molar-refractivity contribution in [2.75, 3.05) is 12.3 Å². The van der Waals surface area contributed by atoms with Crippen LogP contribution < -0.4 is 0 Å². The number of benzene rings is 1. The van der Waals surface area contributed by atoms with Gasteiger partial charge in [0.05, 0.1) is 34.3 Å². The first kappa shape index (κ1) is 27.8. The normalized spacial score (nSPS) is 35.0. The summed E-state index contributed by atoms with van der Waals surface area (Å²) in [5.74, 6) is 0.527. The second-order valence-electron chi connectivity index (χ2n) is 13.4. The van der Waals surface area contributed by atoms with Gasteiger partial charge in [-0.25, -0.2) is 11.6 Å². The fourth-order valence-corrected chi connectivity index (χ4v) is 10.3. The molecule has 8 heteroatoms. The Labute approximate surface area is 251 Å². The van der Waals surface area contributed by atoms with Crippen molar-refractivity contribution in [2.24, 2.45) is 28.6 Å². The maximum absolute atomic E-state index is 13.8. The standard InChI is InChI=1S/C34H38N4O3S/c1-32-17-22-19-36-38(15-14-35-3)27(22)16-23(32)9-10-24-25-12-13-34(41,33(25,2)18-28(39)31(24)32)29(40)20-42-30-11-8-21-6-4-5-7-26(21)37-30/h4-8,11,16,19,24-25,28,31,39,41H,9-10,12-15,17-18,20H2,1-2H3/t24?,25?,28-,31?,32?,33?,34-/m0/s1. The van der Waals surface area contributed by atoms with Gasteiger partial charge in [0.1, 0.15) is 12.1 Å². The van der Waals surface area contributed by atoms with Gasteiger partial charge in [-0.05, 0) is 85.5 Å². The number of thioether (sulfide) groups is 1. The average Bonchev–Trinajstić information content (AvgIpc) is 3.49. The van der Waals surface area contributed by atoms with Gasteiger partial charge in [0.25, 0.3) is 0 Å². The predicted molar refractivity (Wildman–Crippen MR) is 164 cm³/mol. The molecule has 5 unspecified atom stereocenters. The van der Waals surface area contributed by atoms with E-state index < -0.39 is 17.1 Å². The van der Waals surface area contributed by atoms with Gasteiger partial charge < -0.3 is 15.1 Å². The Morgan fingerprint density at radius 1 is 1.21 bits per heavy atom. The van der Waals surface area contributed by atoms with Crippen LogP contribution >= 0.6 is 11.8 Å². The Kier molecular flexibility index (Phi) is 6.65. The van der Waals surface area contributed by atoms with E-state index in [1.807, 2.05) is 47.3 Å². The first-order chi connectivity index (χ1) is 20.2. The highest BCUT2D eigenvalue weighted by molar-refractivity contribution is 7.99. The third kappa shape index (κ3) is 4.04. The van der Waals surface area contributed by atoms with E-state index in [2.05, 4.69) is 29.9 Å². The Bertz CT molecular complexity index is 1640. The molecule has 0 aliphatic heterocycles. The molecule has 0 amide bonds. The van der Waals surface area contributed by atoms with Crippen LogP contribution in [0.3, 0.4) is 0 Å². The molecule has 3 aromatic rings. The second-order valence-corrected chi connectivity index (χ2v) is 14.4. The van der Waals surface area contributed by atoms with Crippen molar-refractivity contribution >= 4 is 34.5 Å². The predicted octanol–water partition coefficient (Wildman–Crippen LogP) is 5.60. The van der Waals surface area contributed by atoms with Crippen LogP contribution in [0.4, 0.5) is 0 Å². The number of aliphatic hydroxyl groups is 2. The van der Waals surface area contributed by atoms with E-state index in [4.69, 9.17) is 11.6 Å². The van der Waals surface area contributed by atoms with Crippen LogP contribution in [-0.4, -0.2) is 54.8 Å². The number of aromatic nitrogens is 3. The number of para-hydroxylation sites is 1. The zero-order valence-corrected chi connectivity index (χ0v) is 25.1. The maximum atomic E-state index is 13.8. The number of ketones is 1. The molecule has 218 valence electrons. The number of Topliss-reactive ketones (excluding diaryl/α,β-unsaturated/α-hetero) is 1. The number of fused-ring (bicyclic) bond motifs is 7. The number of carbonyl (C=O) groups is 1. The van der Waals surface area contributed by atoms with Crippen molar-refractivity contribution in [3.63, 3.8) is 0 Å². The summed E-state index contributed by atoms with van der Waals surface area (Å²) in [5, 5.41) is 30.5. The third-order valence-electron chi connectivity index (χ3n) is 11.5. The molecule has 0 spiro atoms. The van der Waals surface area contributed by atoms with Crippen molar-refractivity contribution in [1.82, 2.24) is 14.8 Å². The van der Waals surface area contributed by atoms with Gasteiger partial charge in [-0.2, -0.15) is 5.10 Å².